The molecule has 6 heteroatoms. The molecule has 0 unspecified atom stereocenters. The first kappa shape index (κ1) is 13.2. The lowest BCUT2D eigenvalue weighted by atomic mass is 10.3. The van der Waals surface area contributed by atoms with Gasteiger partial charge in [-0.05, 0) is 47.0 Å². The van der Waals surface area contributed by atoms with E-state index in [1.54, 1.807) is 6.07 Å². The number of benzene rings is 1. The number of hydrogen-bond donors (Lipinski definition) is 1. The molecule has 0 radical (unpaired) electrons. The van der Waals surface area contributed by atoms with Crippen LogP contribution in [0.25, 0.3) is 0 Å². The molecule has 0 atom stereocenters. The van der Waals surface area contributed by atoms with Crippen molar-refractivity contribution in [3.05, 3.63) is 44.7 Å². The highest BCUT2D eigenvalue weighted by Gasteiger charge is 2.27. The fourth-order valence-corrected chi connectivity index (χ4v) is 2.43. The molecule has 19 heavy (non-hydrogen) atoms. The summed E-state index contributed by atoms with van der Waals surface area (Å²) in [4.78, 5) is 8.74. The van der Waals surface area contributed by atoms with Gasteiger partial charge in [0.05, 0.1) is 5.02 Å². The van der Waals surface area contributed by atoms with Crippen molar-refractivity contribution in [2.24, 2.45) is 0 Å². The molecular formula is C13H10BrCl2N3. The Labute approximate surface area is 129 Å². The maximum Gasteiger partial charge on any atom is 0.135 e. The molecule has 3 rings (SSSR count). The van der Waals surface area contributed by atoms with Gasteiger partial charge in [-0.25, -0.2) is 9.97 Å². The summed E-state index contributed by atoms with van der Waals surface area (Å²) < 4.78 is 0.835. The quantitative estimate of drug-likeness (QED) is 0.769. The molecule has 1 fully saturated rings. The van der Waals surface area contributed by atoms with Gasteiger partial charge >= 0.3 is 0 Å². The SMILES string of the molecule is Clc1cc(Nc2ccc(Cl)c(Br)c2)nc(C2CC2)n1. The molecule has 0 amide bonds. The third-order valence-corrected chi connectivity index (χ3v) is 4.25. The van der Waals surface area contributed by atoms with Gasteiger partial charge in [0.2, 0.25) is 0 Å². The number of nitrogens with one attached hydrogen (secondary N) is 1. The van der Waals surface area contributed by atoms with Gasteiger partial charge in [-0.1, -0.05) is 23.2 Å². The lowest BCUT2D eigenvalue weighted by Gasteiger charge is -2.08. The molecule has 1 aliphatic rings. The average Bonchev–Trinajstić information content (AvgIpc) is 3.17. The number of aromatic nitrogens is 2. The van der Waals surface area contributed by atoms with Crippen LogP contribution in [-0.4, -0.2) is 9.97 Å². The van der Waals surface area contributed by atoms with Crippen molar-refractivity contribution in [1.82, 2.24) is 9.97 Å². The molecule has 0 spiro atoms. The highest BCUT2D eigenvalue weighted by molar-refractivity contribution is 9.10. The van der Waals surface area contributed by atoms with E-state index in [0.29, 0.717) is 21.9 Å². The van der Waals surface area contributed by atoms with Gasteiger partial charge in [-0.15, -0.1) is 0 Å². The summed E-state index contributed by atoms with van der Waals surface area (Å²) >= 11 is 15.4. The normalized spacial score (nSPS) is 14.5. The van der Waals surface area contributed by atoms with E-state index < -0.39 is 0 Å². The first-order chi connectivity index (χ1) is 9.11. The Kier molecular flexibility index (Phi) is 3.65. The Bertz CT molecular complexity index is 629. The molecule has 0 bridgehead atoms. The van der Waals surface area contributed by atoms with Crippen LogP contribution in [-0.2, 0) is 0 Å². The molecular weight excluding hydrogens is 349 g/mol. The van der Waals surface area contributed by atoms with Crippen molar-refractivity contribution in [3.63, 3.8) is 0 Å². The van der Waals surface area contributed by atoms with E-state index in [-0.39, 0.29) is 0 Å². The maximum absolute atomic E-state index is 6.02. The second kappa shape index (κ2) is 5.27. The molecule has 1 N–H and O–H groups in total. The van der Waals surface area contributed by atoms with Gasteiger partial charge < -0.3 is 5.32 Å². The summed E-state index contributed by atoms with van der Waals surface area (Å²) in [6.45, 7) is 0. The highest BCUT2D eigenvalue weighted by atomic mass is 79.9. The third-order valence-electron chi connectivity index (χ3n) is 2.85. The second-order valence-corrected chi connectivity index (χ2v) is 6.11. The van der Waals surface area contributed by atoms with Crippen LogP contribution in [0.3, 0.4) is 0 Å². The summed E-state index contributed by atoms with van der Waals surface area (Å²) in [5, 5.41) is 4.35. The second-order valence-electron chi connectivity index (χ2n) is 4.46. The van der Waals surface area contributed by atoms with Crippen molar-refractivity contribution in [2.75, 3.05) is 5.32 Å². The Balaban J connectivity index is 1.87. The van der Waals surface area contributed by atoms with Crippen LogP contribution in [0.2, 0.25) is 10.2 Å². The predicted molar refractivity (Wildman–Crippen MR) is 81.5 cm³/mol. The smallest absolute Gasteiger partial charge is 0.135 e. The zero-order valence-electron chi connectivity index (χ0n) is 9.83. The zero-order valence-corrected chi connectivity index (χ0v) is 12.9. The van der Waals surface area contributed by atoms with Crippen molar-refractivity contribution >= 4 is 50.6 Å². The molecule has 0 saturated heterocycles. The van der Waals surface area contributed by atoms with E-state index >= 15 is 0 Å². The molecule has 1 heterocycles. The number of anilines is 2. The Morgan fingerprint density at radius 2 is 1.95 bits per heavy atom. The van der Waals surface area contributed by atoms with Crippen molar-refractivity contribution in [2.45, 2.75) is 18.8 Å². The van der Waals surface area contributed by atoms with Gasteiger partial charge in [0, 0.05) is 22.1 Å². The van der Waals surface area contributed by atoms with Gasteiger partial charge in [0.25, 0.3) is 0 Å². The van der Waals surface area contributed by atoms with E-state index in [9.17, 15) is 0 Å². The molecule has 1 aromatic heterocycles. The van der Waals surface area contributed by atoms with Gasteiger partial charge in [0.1, 0.15) is 16.8 Å². The number of nitrogens with zero attached hydrogens (tertiary/aromatic N) is 2. The van der Waals surface area contributed by atoms with E-state index in [1.807, 2.05) is 18.2 Å². The van der Waals surface area contributed by atoms with Gasteiger partial charge in [-0.2, -0.15) is 0 Å². The number of hydrogen-bond acceptors (Lipinski definition) is 3. The number of halogens is 3. The van der Waals surface area contributed by atoms with Crippen molar-refractivity contribution in [1.29, 1.82) is 0 Å². The van der Waals surface area contributed by atoms with E-state index in [4.69, 9.17) is 23.2 Å². The molecule has 3 nitrogen and oxygen atoms in total. The molecule has 98 valence electrons. The van der Waals surface area contributed by atoms with E-state index in [1.165, 1.54) is 0 Å². The zero-order chi connectivity index (χ0) is 13.4. The highest BCUT2D eigenvalue weighted by Crippen LogP contribution is 2.39. The maximum atomic E-state index is 6.02. The van der Waals surface area contributed by atoms with Crippen LogP contribution >= 0.6 is 39.1 Å². The minimum Gasteiger partial charge on any atom is -0.340 e. The van der Waals surface area contributed by atoms with Crippen LogP contribution in [0.5, 0.6) is 0 Å². The first-order valence-electron chi connectivity index (χ1n) is 5.88. The Morgan fingerprint density at radius 1 is 1.16 bits per heavy atom. The van der Waals surface area contributed by atoms with Gasteiger partial charge in [0.15, 0.2) is 0 Å². The molecule has 1 aliphatic carbocycles. The molecule has 0 aliphatic heterocycles. The van der Waals surface area contributed by atoms with Gasteiger partial charge in [-0.3, -0.25) is 0 Å². The topological polar surface area (TPSA) is 37.8 Å². The summed E-state index contributed by atoms with van der Waals surface area (Å²) in [7, 11) is 0. The summed E-state index contributed by atoms with van der Waals surface area (Å²) in [5.74, 6) is 2.00. The van der Waals surface area contributed by atoms with Crippen molar-refractivity contribution in [3.8, 4) is 0 Å². The van der Waals surface area contributed by atoms with Crippen molar-refractivity contribution < 1.29 is 0 Å². The fourth-order valence-electron chi connectivity index (χ4n) is 1.75. The molecule has 1 aromatic carbocycles. The summed E-state index contributed by atoms with van der Waals surface area (Å²) in [5.41, 5.74) is 0.896. The minimum absolute atomic E-state index is 0.465. The van der Waals surface area contributed by atoms with E-state index in [0.717, 1.165) is 28.8 Å². The van der Waals surface area contributed by atoms with Crippen LogP contribution in [0, 0.1) is 0 Å². The number of rotatable bonds is 3. The third kappa shape index (κ3) is 3.19. The fraction of sp³-hybridized carbons (Fsp3) is 0.231. The first-order valence-corrected chi connectivity index (χ1v) is 7.43. The minimum atomic E-state index is 0.465. The van der Waals surface area contributed by atoms with Crippen LogP contribution in [0.1, 0.15) is 24.6 Å². The lowest BCUT2D eigenvalue weighted by Crippen LogP contribution is -1.99. The monoisotopic (exact) mass is 357 g/mol. The van der Waals surface area contributed by atoms with Crippen LogP contribution in [0.15, 0.2) is 28.7 Å². The lowest BCUT2D eigenvalue weighted by molar-refractivity contribution is 0.931. The Hall–Kier alpha value is -0.840. The predicted octanol–water partition coefficient (Wildman–Crippen LogP) is 5.17. The van der Waals surface area contributed by atoms with E-state index in [2.05, 4.69) is 31.2 Å². The standard InChI is InChI=1S/C13H10BrCl2N3/c14-9-5-8(3-4-10(9)15)17-12-6-11(16)18-13(19-12)7-1-2-7/h3-7H,1-2H2,(H,17,18,19). The Morgan fingerprint density at radius 3 is 2.63 bits per heavy atom. The summed E-state index contributed by atoms with van der Waals surface area (Å²) in [6, 6.07) is 7.32. The molecule has 2 aromatic rings. The van der Waals surface area contributed by atoms with Crippen LogP contribution in [0.4, 0.5) is 11.5 Å². The average molecular weight is 359 g/mol. The van der Waals surface area contributed by atoms with Crippen LogP contribution < -0.4 is 5.32 Å². The molecule has 1 saturated carbocycles. The largest absolute Gasteiger partial charge is 0.340 e. The summed E-state index contributed by atoms with van der Waals surface area (Å²) in [6.07, 6.45) is 2.29.